The standard InChI is InChI=1S/C21H16F2O/c1-2-11-24-20-9-7-16(8-10-20)18-6-5-17-12-15(13-21(22)23)3-4-19(17)14-18/h2-10,12-14H,1,11H2. The summed E-state index contributed by atoms with van der Waals surface area (Å²) in [6, 6.07) is 19.1. The molecule has 24 heavy (non-hydrogen) atoms. The first kappa shape index (κ1) is 15.9. The highest BCUT2D eigenvalue weighted by Crippen LogP contribution is 2.27. The molecule has 0 unspecified atom stereocenters. The van der Waals surface area contributed by atoms with Gasteiger partial charge in [0.05, 0.1) is 0 Å². The van der Waals surface area contributed by atoms with E-state index in [0.717, 1.165) is 33.7 Å². The zero-order chi connectivity index (χ0) is 16.9. The first-order valence-corrected chi connectivity index (χ1v) is 7.56. The molecule has 0 aliphatic heterocycles. The second-order valence-electron chi connectivity index (χ2n) is 5.38. The van der Waals surface area contributed by atoms with Gasteiger partial charge in [0.15, 0.2) is 0 Å². The van der Waals surface area contributed by atoms with Crippen LogP contribution in [0.5, 0.6) is 5.75 Å². The van der Waals surface area contributed by atoms with E-state index in [1.807, 2.05) is 48.5 Å². The van der Waals surface area contributed by atoms with Crippen LogP contribution in [0.1, 0.15) is 5.56 Å². The molecule has 0 saturated carbocycles. The van der Waals surface area contributed by atoms with Crippen LogP contribution in [-0.2, 0) is 0 Å². The Labute approximate surface area is 139 Å². The van der Waals surface area contributed by atoms with E-state index in [9.17, 15) is 8.78 Å². The monoisotopic (exact) mass is 322 g/mol. The summed E-state index contributed by atoms with van der Waals surface area (Å²) in [6.45, 7) is 4.10. The number of fused-ring (bicyclic) bond motifs is 1. The minimum Gasteiger partial charge on any atom is -0.490 e. The van der Waals surface area contributed by atoms with Gasteiger partial charge in [-0.05, 0) is 51.7 Å². The highest BCUT2D eigenvalue weighted by atomic mass is 19.3. The van der Waals surface area contributed by atoms with Gasteiger partial charge in [-0.15, -0.1) is 0 Å². The molecule has 0 aliphatic carbocycles. The number of benzene rings is 3. The highest BCUT2D eigenvalue weighted by molar-refractivity contribution is 5.89. The van der Waals surface area contributed by atoms with Crippen LogP contribution in [0, 0.1) is 0 Å². The second kappa shape index (κ2) is 7.09. The molecule has 0 fully saturated rings. The molecule has 3 heteroatoms. The maximum absolute atomic E-state index is 12.4. The molecule has 3 aromatic carbocycles. The molecule has 0 spiro atoms. The van der Waals surface area contributed by atoms with E-state index in [4.69, 9.17) is 4.74 Å². The molecule has 120 valence electrons. The predicted molar refractivity (Wildman–Crippen MR) is 95.3 cm³/mol. The van der Waals surface area contributed by atoms with E-state index in [2.05, 4.69) is 6.58 Å². The minimum atomic E-state index is -1.69. The molecular formula is C21H16F2O. The van der Waals surface area contributed by atoms with Gasteiger partial charge < -0.3 is 4.74 Å². The summed E-state index contributed by atoms with van der Waals surface area (Å²) in [5, 5.41) is 1.94. The SMILES string of the molecule is C=CCOc1ccc(-c2ccc3cc(C=C(F)F)ccc3c2)cc1. The van der Waals surface area contributed by atoms with Crippen molar-refractivity contribution in [1.82, 2.24) is 0 Å². The fraction of sp³-hybridized carbons (Fsp3) is 0.0476. The van der Waals surface area contributed by atoms with Crippen molar-refractivity contribution < 1.29 is 13.5 Å². The van der Waals surface area contributed by atoms with Crippen LogP contribution in [0.15, 0.2) is 79.4 Å². The Morgan fingerprint density at radius 2 is 1.54 bits per heavy atom. The summed E-state index contributed by atoms with van der Waals surface area (Å²) in [6.07, 6.45) is 0.884. The summed E-state index contributed by atoms with van der Waals surface area (Å²) in [5.74, 6) is 0.795. The van der Waals surface area contributed by atoms with Gasteiger partial charge in [0, 0.05) is 6.08 Å². The van der Waals surface area contributed by atoms with Crippen LogP contribution in [0.4, 0.5) is 8.78 Å². The van der Waals surface area contributed by atoms with Gasteiger partial charge in [-0.2, -0.15) is 8.78 Å². The average molecular weight is 322 g/mol. The summed E-state index contributed by atoms with van der Waals surface area (Å²) < 4.78 is 30.2. The quantitative estimate of drug-likeness (QED) is 0.500. The van der Waals surface area contributed by atoms with Gasteiger partial charge in [-0.3, -0.25) is 0 Å². The Kier molecular flexibility index (Phi) is 4.71. The molecule has 1 nitrogen and oxygen atoms in total. The lowest BCUT2D eigenvalue weighted by atomic mass is 10.00. The number of rotatable bonds is 5. The zero-order valence-electron chi connectivity index (χ0n) is 13.0. The number of hydrogen-bond acceptors (Lipinski definition) is 1. The molecule has 0 radical (unpaired) electrons. The molecule has 0 saturated heterocycles. The fourth-order valence-electron chi connectivity index (χ4n) is 2.56. The van der Waals surface area contributed by atoms with E-state index in [0.29, 0.717) is 12.2 Å². The molecule has 0 N–H and O–H groups in total. The van der Waals surface area contributed by atoms with Crippen molar-refractivity contribution in [3.05, 3.63) is 85.0 Å². The van der Waals surface area contributed by atoms with E-state index >= 15 is 0 Å². The minimum absolute atomic E-state index is 0.478. The van der Waals surface area contributed by atoms with Crippen LogP contribution >= 0.6 is 0 Å². The van der Waals surface area contributed by atoms with Crippen molar-refractivity contribution in [2.75, 3.05) is 6.61 Å². The molecule has 0 atom stereocenters. The van der Waals surface area contributed by atoms with Gasteiger partial charge >= 0.3 is 0 Å². The lowest BCUT2D eigenvalue weighted by Crippen LogP contribution is -1.92. The lowest BCUT2D eigenvalue weighted by molar-refractivity contribution is 0.363. The molecule has 0 aliphatic rings. The second-order valence-corrected chi connectivity index (χ2v) is 5.38. The Hall–Kier alpha value is -2.94. The topological polar surface area (TPSA) is 9.23 Å². The Bertz CT molecular complexity index is 891. The lowest BCUT2D eigenvalue weighted by Gasteiger charge is -2.07. The molecule has 0 bridgehead atoms. The summed E-state index contributed by atoms with van der Waals surface area (Å²) in [4.78, 5) is 0. The van der Waals surface area contributed by atoms with Gasteiger partial charge in [0.1, 0.15) is 12.4 Å². The summed E-state index contributed by atoms with van der Waals surface area (Å²) >= 11 is 0. The van der Waals surface area contributed by atoms with E-state index in [-0.39, 0.29) is 0 Å². The van der Waals surface area contributed by atoms with Gasteiger partial charge in [-0.1, -0.05) is 49.1 Å². The molecule has 0 heterocycles. The van der Waals surface area contributed by atoms with Gasteiger partial charge in [0.2, 0.25) is 0 Å². The number of ether oxygens (including phenoxy) is 1. The van der Waals surface area contributed by atoms with E-state index < -0.39 is 6.08 Å². The number of halogens is 2. The van der Waals surface area contributed by atoms with Crippen molar-refractivity contribution in [2.24, 2.45) is 0 Å². The third-order valence-electron chi connectivity index (χ3n) is 3.70. The van der Waals surface area contributed by atoms with E-state index in [1.54, 1.807) is 18.2 Å². The van der Waals surface area contributed by atoms with Crippen LogP contribution in [0.25, 0.3) is 28.0 Å². The summed E-state index contributed by atoms with van der Waals surface area (Å²) in [5.41, 5.74) is 2.64. The van der Waals surface area contributed by atoms with E-state index in [1.165, 1.54) is 0 Å². The third-order valence-corrected chi connectivity index (χ3v) is 3.70. The van der Waals surface area contributed by atoms with Crippen LogP contribution in [0.3, 0.4) is 0 Å². The number of hydrogen-bond donors (Lipinski definition) is 0. The Morgan fingerprint density at radius 3 is 2.25 bits per heavy atom. The highest BCUT2D eigenvalue weighted by Gasteiger charge is 2.02. The van der Waals surface area contributed by atoms with Crippen LogP contribution in [-0.4, -0.2) is 6.61 Å². The van der Waals surface area contributed by atoms with Gasteiger partial charge in [0.25, 0.3) is 6.08 Å². The van der Waals surface area contributed by atoms with Crippen LogP contribution < -0.4 is 4.74 Å². The maximum atomic E-state index is 12.4. The predicted octanol–water partition coefficient (Wildman–Crippen LogP) is 6.31. The Balaban J connectivity index is 1.90. The van der Waals surface area contributed by atoms with Crippen LogP contribution in [0.2, 0.25) is 0 Å². The van der Waals surface area contributed by atoms with Crippen molar-refractivity contribution in [2.45, 2.75) is 0 Å². The molecular weight excluding hydrogens is 306 g/mol. The average Bonchev–Trinajstić information content (AvgIpc) is 2.59. The van der Waals surface area contributed by atoms with Crippen molar-refractivity contribution in [1.29, 1.82) is 0 Å². The van der Waals surface area contributed by atoms with Crippen molar-refractivity contribution >= 4 is 16.8 Å². The zero-order valence-corrected chi connectivity index (χ0v) is 13.0. The fourth-order valence-corrected chi connectivity index (χ4v) is 2.56. The van der Waals surface area contributed by atoms with Gasteiger partial charge in [-0.25, -0.2) is 0 Å². The molecule has 3 rings (SSSR count). The Morgan fingerprint density at radius 1 is 0.875 bits per heavy atom. The third kappa shape index (κ3) is 3.69. The largest absolute Gasteiger partial charge is 0.490 e. The van der Waals surface area contributed by atoms with Crippen molar-refractivity contribution in [3.63, 3.8) is 0 Å². The first-order valence-electron chi connectivity index (χ1n) is 7.56. The molecule has 0 aromatic heterocycles. The maximum Gasteiger partial charge on any atom is 0.270 e. The van der Waals surface area contributed by atoms with Crippen molar-refractivity contribution in [3.8, 4) is 16.9 Å². The molecule has 3 aromatic rings. The normalized spacial score (nSPS) is 10.4. The summed E-state index contributed by atoms with van der Waals surface area (Å²) in [7, 11) is 0. The first-order chi connectivity index (χ1) is 11.7. The smallest absolute Gasteiger partial charge is 0.270 e. The molecule has 0 amide bonds.